The van der Waals surface area contributed by atoms with E-state index in [9.17, 15) is 27.4 Å². The molecule has 0 unspecified atom stereocenters. The van der Waals surface area contributed by atoms with Gasteiger partial charge in [0.05, 0.1) is 34.8 Å². The average molecular weight is 724 g/mol. The van der Waals surface area contributed by atoms with Crippen molar-refractivity contribution < 1.29 is 36.8 Å². The second-order valence-electron chi connectivity index (χ2n) is 12.0. The lowest BCUT2D eigenvalue weighted by Gasteiger charge is -2.19. The fourth-order valence-electron chi connectivity index (χ4n) is 4.65. The first-order valence-corrected chi connectivity index (χ1v) is 17.8. The number of rotatable bonds is 13. The standard InChI is InChI=1S/C35H39F2N7O6S/c1-20(2)32(38)34(46)41-21(3)33(45)42-25-9-6-22(7-10-25)18-50-35(47)44-51(5,48)19-23-12-13-39-30(14-23)43-31-16-27(28(37)17-40-31)26-11-8-24(36)15-29(26)49-4/h6-17,20-21,32H,18-19,38H2,1-5H3,(H,41,46)(H,42,45)(H,39,40,43)/t21-,32-,51-/m0/s1. The van der Waals surface area contributed by atoms with Crippen LogP contribution in [-0.2, 0) is 36.4 Å². The average Bonchev–Trinajstić information content (AvgIpc) is 3.08. The molecular weight excluding hydrogens is 684 g/mol. The maximum absolute atomic E-state index is 14.7. The van der Waals surface area contributed by atoms with E-state index in [1.165, 1.54) is 37.8 Å². The van der Waals surface area contributed by atoms with Gasteiger partial charge in [-0.2, -0.15) is 0 Å². The molecule has 0 bridgehead atoms. The third-order valence-corrected chi connectivity index (χ3v) is 8.85. The molecule has 0 radical (unpaired) electrons. The monoisotopic (exact) mass is 723 g/mol. The van der Waals surface area contributed by atoms with Crippen LogP contribution in [0, 0.1) is 17.6 Å². The molecule has 3 amide bonds. The number of nitrogens with one attached hydrogen (secondary N) is 3. The van der Waals surface area contributed by atoms with E-state index in [1.807, 2.05) is 13.8 Å². The van der Waals surface area contributed by atoms with E-state index in [2.05, 4.69) is 30.3 Å². The Morgan fingerprint density at radius 2 is 1.63 bits per heavy atom. The summed E-state index contributed by atoms with van der Waals surface area (Å²) in [4.78, 5) is 45.4. The van der Waals surface area contributed by atoms with Crippen LogP contribution < -0.4 is 26.4 Å². The van der Waals surface area contributed by atoms with E-state index in [0.29, 0.717) is 28.2 Å². The summed E-state index contributed by atoms with van der Waals surface area (Å²) in [5.74, 6) is -1.54. The quantitative estimate of drug-likeness (QED) is 0.137. The topological polar surface area (TPSA) is 187 Å². The normalized spacial score (nSPS) is 13.4. The Kier molecular flexibility index (Phi) is 12.7. The minimum absolute atomic E-state index is 0.0814. The van der Waals surface area contributed by atoms with Gasteiger partial charge in [-0.15, -0.1) is 4.36 Å². The number of methoxy groups -OCH3 is 1. The van der Waals surface area contributed by atoms with Crippen molar-refractivity contribution in [2.75, 3.05) is 24.0 Å². The molecule has 0 saturated heterocycles. The minimum Gasteiger partial charge on any atom is -0.496 e. The van der Waals surface area contributed by atoms with Gasteiger partial charge in [0, 0.05) is 35.3 Å². The summed E-state index contributed by atoms with van der Waals surface area (Å²) < 4.78 is 55.8. The van der Waals surface area contributed by atoms with Crippen molar-refractivity contribution in [3.05, 3.63) is 95.8 Å². The van der Waals surface area contributed by atoms with E-state index in [4.69, 9.17) is 15.2 Å². The SMILES string of the molecule is COc1cc(F)ccc1-c1cc(Nc2cc(C[S@](C)(=O)=NC(=O)OCc3ccc(NC(=O)[C@H](C)NC(=O)[C@@H](N)C(C)C)cc3)ccn2)ncc1F. The van der Waals surface area contributed by atoms with Gasteiger partial charge >= 0.3 is 6.09 Å². The van der Waals surface area contributed by atoms with E-state index in [1.54, 1.807) is 43.3 Å². The molecule has 4 rings (SSSR count). The van der Waals surface area contributed by atoms with Gasteiger partial charge in [0.1, 0.15) is 41.7 Å². The first-order chi connectivity index (χ1) is 24.1. The zero-order valence-electron chi connectivity index (χ0n) is 28.6. The smallest absolute Gasteiger partial charge is 0.442 e. The predicted octanol–water partition coefficient (Wildman–Crippen LogP) is 5.54. The maximum atomic E-state index is 14.7. The summed E-state index contributed by atoms with van der Waals surface area (Å²) in [6.45, 7) is 5.00. The Hall–Kier alpha value is -5.48. The van der Waals surface area contributed by atoms with Gasteiger partial charge < -0.3 is 31.2 Å². The fourth-order valence-corrected chi connectivity index (χ4v) is 5.88. The largest absolute Gasteiger partial charge is 0.496 e. The van der Waals surface area contributed by atoms with Gasteiger partial charge in [-0.25, -0.2) is 27.8 Å². The van der Waals surface area contributed by atoms with Crippen LogP contribution >= 0.6 is 0 Å². The second kappa shape index (κ2) is 17.0. The molecule has 16 heteroatoms. The van der Waals surface area contributed by atoms with Gasteiger partial charge in [0.15, 0.2) is 0 Å². The van der Waals surface area contributed by atoms with Gasteiger partial charge in [-0.3, -0.25) is 9.59 Å². The predicted molar refractivity (Wildman–Crippen MR) is 190 cm³/mol. The molecule has 0 spiro atoms. The second-order valence-corrected chi connectivity index (χ2v) is 14.4. The number of benzene rings is 2. The van der Waals surface area contributed by atoms with Crippen LogP contribution in [0.2, 0.25) is 0 Å². The number of carbonyl (C=O) groups is 3. The minimum atomic E-state index is -3.09. The van der Waals surface area contributed by atoms with Crippen LogP contribution in [0.25, 0.3) is 11.1 Å². The van der Waals surface area contributed by atoms with Crippen LogP contribution in [0.5, 0.6) is 5.75 Å². The first-order valence-electron chi connectivity index (χ1n) is 15.7. The number of carbonyl (C=O) groups excluding carboxylic acids is 3. The highest BCUT2D eigenvalue weighted by atomic mass is 32.2. The van der Waals surface area contributed by atoms with Crippen molar-refractivity contribution in [2.24, 2.45) is 16.0 Å². The number of hydrogen-bond acceptors (Lipinski definition) is 10. The van der Waals surface area contributed by atoms with E-state index < -0.39 is 51.4 Å². The molecule has 2 aromatic carbocycles. The molecule has 2 heterocycles. The molecule has 3 atom stereocenters. The highest BCUT2D eigenvalue weighted by Gasteiger charge is 2.22. The molecule has 0 aliphatic carbocycles. The molecule has 5 N–H and O–H groups in total. The summed E-state index contributed by atoms with van der Waals surface area (Å²) in [6.07, 6.45) is 2.78. The Labute approximate surface area is 294 Å². The number of halogens is 2. The summed E-state index contributed by atoms with van der Waals surface area (Å²) >= 11 is 0. The Balaban J connectivity index is 1.33. The lowest BCUT2D eigenvalue weighted by molar-refractivity contribution is -0.127. The van der Waals surface area contributed by atoms with Crippen LogP contribution in [-0.4, -0.2) is 57.5 Å². The number of amides is 3. The summed E-state index contributed by atoms with van der Waals surface area (Å²) in [5, 5.41) is 8.25. The van der Waals surface area contributed by atoms with Crippen molar-refractivity contribution in [2.45, 2.75) is 45.2 Å². The molecule has 51 heavy (non-hydrogen) atoms. The molecular formula is C35H39F2N7O6S. The zero-order valence-corrected chi connectivity index (χ0v) is 29.4. The van der Waals surface area contributed by atoms with Gasteiger partial charge in [0.25, 0.3) is 0 Å². The highest BCUT2D eigenvalue weighted by Crippen LogP contribution is 2.33. The third-order valence-electron chi connectivity index (χ3n) is 7.45. The molecule has 13 nitrogen and oxygen atoms in total. The number of pyridine rings is 2. The first kappa shape index (κ1) is 38.3. The number of aromatic nitrogens is 2. The summed E-state index contributed by atoms with van der Waals surface area (Å²) in [5.41, 5.74) is 7.86. The van der Waals surface area contributed by atoms with Crippen LogP contribution in [0.3, 0.4) is 0 Å². The van der Waals surface area contributed by atoms with Crippen LogP contribution in [0.4, 0.5) is 30.9 Å². The molecule has 2 aromatic heterocycles. The van der Waals surface area contributed by atoms with E-state index in [-0.39, 0.29) is 35.4 Å². The molecule has 0 fully saturated rings. The molecule has 270 valence electrons. The molecule has 4 aromatic rings. The van der Waals surface area contributed by atoms with E-state index in [0.717, 1.165) is 12.3 Å². The summed E-state index contributed by atoms with van der Waals surface area (Å²) in [7, 11) is -1.73. The van der Waals surface area contributed by atoms with Crippen molar-refractivity contribution in [1.29, 1.82) is 0 Å². The summed E-state index contributed by atoms with van der Waals surface area (Å²) in [6, 6.07) is 13.3. The Bertz CT molecular complexity index is 2020. The Morgan fingerprint density at radius 3 is 2.31 bits per heavy atom. The van der Waals surface area contributed by atoms with Crippen LogP contribution in [0.15, 0.2) is 77.4 Å². The lowest BCUT2D eigenvalue weighted by Crippen LogP contribution is -2.50. The number of hydrogen-bond donors (Lipinski definition) is 4. The fraction of sp³-hybridized carbons (Fsp3) is 0.286. The van der Waals surface area contributed by atoms with Crippen LogP contribution in [0.1, 0.15) is 31.9 Å². The number of anilines is 3. The lowest BCUT2D eigenvalue weighted by atomic mass is 10.0. The van der Waals surface area contributed by atoms with E-state index >= 15 is 0 Å². The third kappa shape index (κ3) is 11.0. The highest BCUT2D eigenvalue weighted by molar-refractivity contribution is 7.92. The molecule has 0 aliphatic heterocycles. The maximum Gasteiger partial charge on any atom is 0.442 e. The van der Waals surface area contributed by atoms with Gasteiger partial charge in [-0.05, 0) is 66.4 Å². The number of nitrogens with zero attached hydrogens (tertiary/aromatic N) is 3. The zero-order chi connectivity index (χ0) is 37.3. The number of nitrogens with two attached hydrogens (primary N) is 1. The van der Waals surface area contributed by atoms with Crippen molar-refractivity contribution in [1.82, 2.24) is 15.3 Å². The van der Waals surface area contributed by atoms with Crippen molar-refractivity contribution >= 4 is 45.0 Å². The molecule has 0 saturated carbocycles. The van der Waals surface area contributed by atoms with Crippen molar-refractivity contribution in [3.63, 3.8) is 0 Å². The van der Waals surface area contributed by atoms with Crippen molar-refractivity contribution in [3.8, 4) is 16.9 Å². The number of ether oxygens (including phenoxy) is 2. The molecule has 0 aliphatic rings. The van der Waals surface area contributed by atoms with Gasteiger partial charge in [0.2, 0.25) is 11.8 Å². The Morgan fingerprint density at radius 1 is 0.922 bits per heavy atom. The van der Waals surface area contributed by atoms with Gasteiger partial charge in [-0.1, -0.05) is 26.0 Å².